The van der Waals surface area contributed by atoms with Gasteiger partial charge in [-0.1, -0.05) is 42.5 Å². The van der Waals surface area contributed by atoms with Crippen molar-refractivity contribution in [3.8, 4) is 5.75 Å². The molecule has 4 rings (SSSR count). The molecule has 7 nitrogen and oxygen atoms in total. The van der Waals surface area contributed by atoms with E-state index in [1.807, 2.05) is 55.1 Å². The van der Waals surface area contributed by atoms with Gasteiger partial charge in [0, 0.05) is 36.5 Å². The molecule has 2 aromatic carbocycles. The monoisotopic (exact) mass is 519 g/mol. The number of hydrogen-bond acceptors (Lipinski definition) is 6. The molecule has 0 radical (unpaired) electrons. The van der Waals surface area contributed by atoms with Gasteiger partial charge in [-0.2, -0.15) is 0 Å². The van der Waals surface area contributed by atoms with E-state index in [4.69, 9.17) is 4.74 Å². The molecule has 1 unspecified atom stereocenters. The molecule has 3 aromatic rings. The Morgan fingerprint density at radius 2 is 1.73 bits per heavy atom. The number of carbonyl (C=O) groups is 3. The lowest BCUT2D eigenvalue weighted by molar-refractivity contribution is 0.0633. The first-order valence-corrected chi connectivity index (χ1v) is 13.7. The molecule has 0 N–H and O–H groups in total. The number of benzene rings is 2. The highest BCUT2D eigenvalue weighted by Gasteiger charge is 2.30. The third-order valence-corrected chi connectivity index (χ3v) is 7.80. The summed E-state index contributed by atoms with van der Waals surface area (Å²) in [7, 11) is 0. The van der Waals surface area contributed by atoms with Crippen molar-refractivity contribution in [2.75, 3.05) is 26.2 Å². The van der Waals surface area contributed by atoms with Crippen molar-refractivity contribution in [1.82, 2.24) is 14.8 Å². The summed E-state index contributed by atoms with van der Waals surface area (Å²) in [5.41, 5.74) is 1.55. The van der Waals surface area contributed by atoms with E-state index >= 15 is 0 Å². The molecule has 37 heavy (non-hydrogen) atoms. The number of para-hydroxylation sites is 1. The van der Waals surface area contributed by atoms with E-state index < -0.39 is 6.04 Å². The third kappa shape index (κ3) is 5.91. The fourth-order valence-corrected chi connectivity index (χ4v) is 5.69. The quantitative estimate of drug-likeness (QED) is 0.359. The van der Waals surface area contributed by atoms with E-state index in [-0.39, 0.29) is 23.5 Å². The zero-order valence-corrected chi connectivity index (χ0v) is 22.4. The third-order valence-electron chi connectivity index (χ3n) is 6.80. The fraction of sp³-hybridized carbons (Fsp3) is 0.379. The minimum Gasteiger partial charge on any atom is -0.493 e. The van der Waals surface area contributed by atoms with Crippen molar-refractivity contribution in [3.05, 3.63) is 81.8 Å². The van der Waals surface area contributed by atoms with Gasteiger partial charge in [0.05, 0.1) is 23.2 Å². The van der Waals surface area contributed by atoms with Crippen molar-refractivity contribution in [3.63, 3.8) is 0 Å². The fourth-order valence-electron chi connectivity index (χ4n) is 4.72. The normalized spacial score (nSPS) is 14.7. The molecule has 2 heterocycles. The molecule has 0 bridgehead atoms. The van der Waals surface area contributed by atoms with Crippen molar-refractivity contribution < 1.29 is 19.1 Å². The highest BCUT2D eigenvalue weighted by Crippen LogP contribution is 2.32. The van der Waals surface area contributed by atoms with Crippen LogP contribution in [0.4, 0.5) is 0 Å². The van der Waals surface area contributed by atoms with E-state index in [1.165, 1.54) is 11.3 Å². The first kappa shape index (κ1) is 26.5. The van der Waals surface area contributed by atoms with E-state index in [1.54, 1.807) is 35.4 Å². The number of carbonyl (C=O) groups excluding carboxylic acids is 3. The average Bonchev–Trinajstić information content (AvgIpc) is 3.44. The molecule has 1 aliphatic heterocycles. The van der Waals surface area contributed by atoms with Crippen molar-refractivity contribution >= 4 is 28.9 Å². The number of nitrogens with zero attached hydrogens (tertiary/aromatic N) is 3. The van der Waals surface area contributed by atoms with Gasteiger partial charge >= 0.3 is 0 Å². The van der Waals surface area contributed by atoms with Crippen LogP contribution in [0.5, 0.6) is 5.75 Å². The predicted octanol–water partition coefficient (Wildman–Crippen LogP) is 5.30. The summed E-state index contributed by atoms with van der Waals surface area (Å²) >= 11 is 1.48. The van der Waals surface area contributed by atoms with Gasteiger partial charge in [-0.25, -0.2) is 4.98 Å². The van der Waals surface area contributed by atoms with Gasteiger partial charge in [-0.05, 0) is 45.7 Å². The van der Waals surface area contributed by atoms with Crippen LogP contribution in [0.3, 0.4) is 0 Å². The van der Waals surface area contributed by atoms with E-state index in [0.717, 1.165) is 17.8 Å². The minimum atomic E-state index is -0.584. The second-order valence-electron chi connectivity index (χ2n) is 9.06. The summed E-state index contributed by atoms with van der Waals surface area (Å²) in [6.07, 6.45) is 1.56. The number of ether oxygens (including phenoxy) is 1. The molecule has 0 saturated carbocycles. The summed E-state index contributed by atoms with van der Waals surface area (Å²) in [4.78, 5) is 47.4. The molecule has 194 valence electrons. The Morgan fingerprint density at radius 3 is 2.41 bits per heavy atom. The number of likely N-dealkylation sites (N-methyl/N-ethyl adjacent to an activating group) is 1. The molecule has 1 fully saturated rings. The van der Waals surface area contributed by atoms with Crippen molar-refractivity contribution in [2.45, 2.75) is 45.6 Å². The lowest BCUT2D eigenvalue weighted by Gasteiger charge is -2.31. The summed E-state index contributed by atoms with van der Waals surface area (Å²) in [5.74, 6) is 0.459. The summed E-state index contributed by atoms with van der Waals surface area (Å²) in [6.45, 7) is 7.70. The van der Waals surface area contributed by atoms with Gasteiger partial charge in [0.25, 0.3) is 11.8 Å². The maximum atomic E-state index is 13.3. The minimum absolute atomic E-state index is 0.0202. The Morgan fingerprint density at radius 1 is 1.05 bits per heavy atom. The zero-order chi connectivity index (χ0) is 26.4. The smallest absolute Gasteiger partial charge is 0.273 e. The predicted molar refractivity (Wildman–Crippen MR) is 145 cm³/mol. The molecule has 1 atom stereocenters. The SMILES string of the molecule is CCOc1ccccc1C(=O)N1CCC(c2nc(C(=O)N(CC)C(C)C(=O)c3ccccc3)cs2)CC1. The van der Waals surface area contributed by atoms with Crippen LogP contribution in [0.15, 0.2) is 60.0 Å². The van der Waals surface area contributed by atoms with Gasteiger partial charge in [-0.3, -0.25) is 14.4 Å². The zero-order valence-electron chi connectivity index (χ0n) is 21.6. The Hall–Kier alpha value is -3.52. The van der Waals surface area contributed by atoms with Crippen LogP contribution < -0.4 is 4.74 Å². The Kier molecular flexibility index (Phi) is 8.71. The van der Waals surface area contributed by atoms with Crippen molar-refractivity contribution in [2.24, 2.45) is 0 Å². The van der Waals surface area contributed by atoms with E-state index in [9.17, 15) is 14.4 Å². The first-order chi connectivity index (χ1) is 17.9. The summed E-state index contributed by atoms with van der Waals surface area (Å²) in [6, 6.07) is 15.8. The number of amides is 2. The summed E-state index contributed by atoms with van der Waals surface area (Å²) in [5, 5.41) is 2.69. The van der Waals surface area contributed by atoms with Crippen LogP contribution in [0.1, 0.15) is 75.7 Å². The first-order valence-electron chi connectivity index (χ1n) is 12.8. The standard InChI is InChI=1S/C29H33N3O4S/c1-4-32(20(3)26(33)21-11-7-6-8-12-21)29(35)24-19-37-27(30-24)22-15-17-31(18-16-22)28(34)23-13-9-10-14-25(23)36-5-2/h6-14,19-20,22H,4-5,15-18H2,1-3H3. The van der Waals surface area contributed by atoms with Crippen LogP contribution in [0.2, 0.25) is 0 Å². The molecular weight excluding hydrogens is 486 g/mol. The highest BCUT2D eigenvalue weighted by molar-refractivity contribution is 7.09. The largest absolute Gasteiger partial charge is 0.493 e. The maximum absolute atomic E-state index is 13.3. The molecule has 1 saturated heterocycles. The Balaban J connectivity index is 1.39. The Labute approximate surface area is 222 Å². The lowest BCUT2D eigenvalue weighted by atomic mass is 9.97. The van der Waals surface area contributed by atoms with Crippen LogP contribution >= 0.6 is 11.3 Å². The Bertz CT molecular complexity index is 1230. The van der Waals surface area contributed by atoms with Crippen molar-refractivity contribution in [1.29, 1.82) is 0 Å². The second kappa shape index (κ2) is 12.1. The maximum Gasteiger partial charge on any atom is 0.273 e. The number of hydrogen-bond donors (Lipinski definition) is 0. The highest BCUT2D eigenvalue weighted by atomic mass is 32.1. The number of rotatable bonds is 9. The molecule has 8 heteroatoms. The topological polar surface area (TPSA) is 79.8 Å². The number of Topliss-reactive ketones (excluding diaryl/α,β-unsaturated/α-hetero) is 1. The number of thiazole rings is 1. The van der Waals surface area contributed by atoms with Gasteiger partial charge in [0.2, 0.25) is 0 Å². The number of aromatic nitrogens is 1. The van der Waals surface area contributed by atoms with Gasteiger partial charge < -0.3 is 14.5 Å². The van der Waals surface area contributed by atoms with Gasteiger partial charge in [0.15, 0.2) is 5.78 Å². The number of piperidine rings is 1. The molecule has 2 amide bonds. The van der Waals surface area contributed by atoms with Crippen LogP contribution in [-0.2, 0) is 0 Å². The molecular formula is C29H33N3O4S. The average molecular weight is 520 g/mol. The van der Waals surface area contributed by atoms with Gasteiger partial charge in [0.1, 0.15) is 11.4 Å². The van der Waals surface area contributed by atoms with Crippen LogP contribution in [0.25, 0.3) is 0 Å². The summed E-state index contributed by atoms with van der Waals surface area (Å²) < 4.78 is 5.64. The second-order valence-corrected chi connectivity index (χ2v) is 9.95. The molecule has 0 spiro atoms. The molecule has 1 aliphatic rings. The lowest BCUT2D eigenvalue weighted by Crippen LogP contribution is -2.43. The van der Waals surface area contributed by atoms with Gasteiger partial charge in [-0.15, -0.1) is 11.3 Å². The number of likely N-dealkylation sites (tertiary alicyclic amines) is 1. The molecule has 0 aliphatic carbocycles. The van der Waals surface area contributed by atoms with E-state index in [2.05, 4.69) is 4.98 Å². The van der Waals surface area contributed by atoms with Crippen LogP contribution in [0, 0.1) is 0 Å². The number of ketones is 1. The van der Waals surface area contributed by atoms with Crippen LogP contribution in [-0.4, -0.2) is 64.7 Å². The van der Waals surface area contributed by atoms with E-state index in [0.29, 0.717) is 48.8 Å². The molecule has 1 aromatic heterocycles.